The van der Waals surface area contributed by atoms with Gasteiger partial charge in [-0.3, -0.25) is 0 Å². The number of rotatable bonds is 2. The summed E-state index contributed by atoms with van der Waals surface area (Å²) in [6, 6.07) is 0.873. The highest BCUT2D eigenvalue weighted by molar-refractivity contribution is 4.75. The number of hydrogen-bond acceptors (Lipinski definition) is 1. The Hall–Kier alpha value is -0.0400. The average molecular weight is 155 g/mol. The van der Waals surface area contributed by atoms with Crippen LogP contribution < -0.4 is 0 Å². The minimum atomic E-state index is 0.873. The summed E-state index contributed by atoms with van der Waals surface area (Å²) >= 11 is 0. The summed E-state index contributed by atoms with van der Waals surface area (Å²) in [4.78, 5) is 2.38. The minimum Gasteiger partial charge on any atom is -0.306 e. The van der Waals surface area contributed by atoms with E-state index in [4.69, 9.17) is 0 Å². The van der Waals surface area contributed by atoms with Gasteiger partial charge in [0.05, 0.1) is 0 Å². The van der Waals surface area contributed by atoms with Crippen molar-refractivity contribution in [1.29, 1.82) is 0 Å². The van der Waals surface area contributed by atoms with Gasteiger partial charge >= 0.3 is 0 Å². The van der Waals surface area contributed by atoms with E-state index < -0.39 is 0 Å². The fraction of sp³-hybridized carbons (Fsp3) is 1.00. The van der Waals surface area contributed by atoms with Crippen LogP contribution in [0.15, 0.2) is 0 Å². The molecule has 1 heteroatoms. The summed E-state index contributed by atoms with van der Waals surface area (Å²) < 4.78 is 0. The molecule has 1 rings (SSSR count). The Morgan fingerprint density at radius 3 is 2.00 bits per heavy atom. The van der Waals surface area contributed by atoms with Gasteiger partial charge in [0.15, 0.2) is 0 Å². The zero-order valence-electron chi connectivity index (χ0n) is 8.14. The topological polar surface area (TPSA) is 3.24 Å². The lowest BCUT2D eigenvalue weighted by molar-refractivity contribution is 0.191. The van der Waals surface area contributed by atoms with E-state index in [1.165, 1.54) is 32.1 Å². The molecule has 0 heterocycles. The van der Waals surface area contributed by atoms with Crippen molar-refractivity contribution < 1.29 is 0 Å². The van der Waals surface area contributed by atoms with Gasteiger partial charge in [-0.1, -0.05) is 13.3 Å². The Kier molecular flexibility index (Phi) is 3.38. The van der Waals surface area contributed by atoms with Crippen LogP contribution in [0.4, 0.5) is 0 Å². The average Bonchev–Trinajstić information content (AvgIpc) is 2.05. The second kappa shape index (κ2) is 4.10. The molecule has 1 aliphatic carbocycles. The maximum absolute atomic E-state index is 2.38. The van der Waals surface area contributed by atoms with Crippen LogP contribution in [0.2, 0.25) is 0 Å². The van der Waals surface area contributed by atoms with E-state index in [-0.39, 0.29) is 0 Å². The van der Waals surface area contributed by atoms with Crippen molar-refractivity contribution >= 4 is 0 Å². The van der Waals surface area contributed by atoms with Gasteiger partial charge in [-0.15, -0.1) is 0 Å². The highest BCUT2D eigenvalue weighted by Gasteiger charge is 2.20. The van der Waals surface area contributed by atoms with Gasteiger partial charge < -0.3 is 4.90 Å². The third-order valence-electron chi connectivity index (χ3n) is 3.12. The van der Waals surface area contributed by atoms with E-state index in [1.54, 1.807) is 0 Å². The van der Waals surface area contributed by atoms with Crippen LogP contribution in [-0.2, 0) is 0 Å². The zero-order valence-corrected chi connectivity index (χ0v) is 8.14. The Bertz CT molecular complexity index is 101. The molecule has 0 aliphatic heterocycles. The summed E-state index contributed by atoms with van der Waals surface area (Å²) in [6.45, 7) is 2.32. The first-order valence-corrected chi connectivity index (χ1v) is 4.90. The second-order valence-corrected chi connectivity index (χ2v) is 4.05. The van der Waals surface area contributed by atoms with Crippen LogP contribution in [0, 0.1) is 5.92 Å². The van der Waals surface area contributed by atoms with E-state index in [0.717, 1.165) is 12.0 Å². The van der Waals surface area contributed by atoms with E-state index in [9.17, 15) is 0 Å². The van der Waals surface area contributed by atoms with Gasteiger partial charge in [-0.05, 0) is 45.7 Å². The second-order valence-electron chi connectivity index (χ2n) is 4.05. The third-order valence-corrected chi connectivity index (χ3v) is 3.12. The Balaban J connectivity index is 2.24. The van der Waals surface area contributed by atoms with Gasteiger partial charge in [0.25, 0.3) is 0 Å². The lowest BCUT2D eigenvalue weighted by Crippen LogP contribution is -2.31. The Labute approximate surface area is 70.8 Å². The summed E-state index contributed by atoms with van der Waals surface area (Å²) in [6.07, 6.45) is 7.15. The van der Waals surface area contributed by atoms with E-state index in [0.29, 0.717) is 0 Å². The van der Waals surface area contributed by atoms with E-state index >= 15 is 0 Å². The zero-order chi connectivity index (χ0) is 8.27. The minimum absolute atomic E-state index is 0.873. The predicted octanol–water partition coefficient (Wildman–Crippen LogP) is 2.52. The molecule has 0 aromatic rings. The largest absolute Gasteiger partial charge is 0.306 e. The molecule has 0 radical (unpaired) electrons. The molecule has 0 aromatic carbocycles. The van der Waals surface area contributed by atoms with Crippen LogP contribution >= 0.6 is 0 Å². The van der Waals surface area contributed by atoms with Crippen LogP contribution in [0.5, 0.6) is 0 Å². The van der Waals surface area contributed by atoms with Gasteiger partial charge in [0.2, 0.25) is 0 Å². The van der Waals surface area contributed by atoms with Gasteiger partial charge in [-0.2, -0.15) is 0 Å². The molecule has 0 unspecified atom stereocenters. The lowest BCUT2D eigenvalue weighted by Gasteiger charge is -2.32. The lowest BCUT2D eigenvalue weighted by atomic mass is 9.84. The fourth-order valence-electron chi connectivity index (χ4n) is 2.07. The number of nitrogens with zero attached hydrogens (tertiary/aromatic N) is 1. The van der Waals surface area contributed by atoms with Crippen LogP contribution in [0.25, 0.3) is 0 Å². The molecule has 1 fully saturated rings. The smallest absolute Gasteiger partial charge is 0.00893 e. The highest BCUT2D eigenvalue weighted by Crippen LogP contribution is 2.28. The first kappa shape index (κ1) is 9.05. The molecule has 0 spiro atoms. The number of hydrogen-bond donors (Lipinski definition) is 0. The van der Waals surface area contributed by atoms with Crippen molar-refractivity contribution in [3.05, 3.63) is 0 Å². The standard InChI is InChI=1S/C10H21N/c1-4-9-5-7-10(8-6-9)11(2)3/h9-10H,4-8H2,1-3H3/t9-,10-. The van der Waals surface area contributed by atoms with Crippen molar-refractivity contribution in [1.82, 2.24) is 4.90 Å². The van der Waals surface area contributed by atoms with E-state index in [1.807, 2.05) is 0 Å². The molecule has 1 nitrogen and oxygen atoms in total. The molecule has 0 bridgehead atoms. The summed E-state index contributed by atoms with van der Waals surface area (Å²) in [7, 11) is 4.41. The van der Waals surface area contributed by atoms with Crippen LogP contribution in [0.1, 0.15) is 39.0 Å². The molecule has 1 saturated carbocycles. The molecule has 0 amide bonds. The van der Waals surface area contributed by atoms with Gasteiger partial charge in [0.1, 0.15) is 0 Å². The summed E-state index contributed by atoms with van der Waals surface area (Å²) in [5.41, 5.74) is 0. The van der Waals surface area contributed by atoms with Crippen LogP contribution in [-0.4, -0.2) is 25.0 Å². The van der Waals surface area contributed by atoms with Crippen molar-refractivity contribution in [2.75, 3.05) is 14.1 Å². The quantitative estimate of drug-likeness (QED) is 0.592. The van der Waals surface area contributed by atoms with Crippen LogP contribution in [0.3, 0.4) is 0 Å². The predicted molar refractivity (Wildman–Crippen MR) is 49.7 cm³/mol. The normalized spacial score (nSPS) is 32.7. The molecule has 1 aliphatic rings. The SMILES string of the molecule is CC[C@H]1CC[C@H](N(C)C)CC1. The molecule has 66 valence electrons. The van der Waals surface area contributed by atoms with Gasteiger partial charge in [-0.25, -0.2) is 0 Å². The van der Waals surface area contributed by atoms with E-state index in [2.05, 4.69) is 25.9 Å². The fourth-order valence-corrected chi connectivity index (χ4v) is 2.07. The highest BCUT2D eigenvalue weighted by atomic mass is 15.1. The molecular formula is C10H21N. The van der Waals surface area contributed by atoms with Crippen molar-refractivity contribution in [2.45, 2.75) is 45.1 Å². The molecular weight excluding hydrogens is 134 g/mol. The molecule has 0 atom stereocenters. The third kappa shape index (κ3) is 2.48. The summed E-state index contributed by atoms with van der Waals surface area (Å²) in [5.74, 6) is 1.03. The molecule has 0 N–H and O–H groups in total. The first-order chi connectivity index (χ1) is 5.24. The maximum atomic E-state index is 2.38. The van der Waals surface area contributed by atoms with Crippen molar-refractivity contribution in [2.24, 2.45) is 5.92 Å². The van der Waals surface area contributed by atoms with Gasteiger partial charge in [0, 0.05) is 6.04 Å². The Morgan fingerprint density at radius 1 is 1.09 bits per heavy atom. The summed E-state index contributed by atoms with van der Waals surface area (Å²) in [5, 5.41) is 0. The Morgan fingerprint density at radius 2 is 1.64 bits per heavy atom. The molecule has 0 aromatic heterocycles. The first-order valence-electron chi connectivity index (χ1n) is 4.90. The van der Waals surface area contributed by atoms with Crippen molar-refractivity contribution in [3.8, 4) is 0 Å². The monoisotopic (exact) mass is 155 g/mol. The molecule has 0 saturated heterocycles. The van der Waals surface area contributed by atoms with Crippen molar-refractivity contribution in [3.63, 3.8) is 0 Å². The molecule has 11 heavy (non-hydrogen) atoms. The maximum Gasteiger partial charge on any atom is 0.00893 e.